The molecule has 111 heavy (non-hydrogen) atoms. The molecule has 0 bridgehead atoms. The van der Waals surface area contributed by atoms with Gasteiger partial charge in [-0.2, -0.15) is 9.97 Å². The van der Waals surface area contributed by atoms with Crippen molar-refractivity contribution >= 4 is 84.8 Å². The fraction of sp³-hybridized carbons (Fsp3) is 0. The van der Waals surface area contributed by atoms with Gasteiger partial charge in [0.1, 0.15) is 0 Å². The minimum absolute atomic E-state index is 0.567. The zero-order valence-corrected chi connectivity index (χ0v) is 61.1. The lowest BCUT2D eigenvalue weighted by atomic mass is 9.98. The third-order valence-electron chi connectivity index (χ3n) is 20.1. The Bertz CT molecular complexity index is 6820. The molecule has 11 nitrogen and oxygen atoms in total. The quantitative estimate of drug-likeness (QED) is 0.110. The molecule has 7 heterocycles. The normalized spacial score (nSPS) is 11.4. The molecule has 14 aromatic carbocycles. The first kappa shape index (κ1) is 66.0. The van der Waals surface area contributed by atoms with Gasteiger partial charge in [0.15, 0.2) is 40.8 Å². The molecule has 0 spiro atoms. The maximum atomic E-state index is 5.28. The van der Waals surface area contributed by atoms with Crippen LogP contribution in [0.25, 0.3) is 204 Å². The van der Waals surface area contributed by atoms with E-state index in [1.807, 2.05) is 164 Å². The summed E-state index contributed by atoms with van der Waals surface area (Å²) in [7, 11) is 0. The van der Waals surface area contributed by atoms with Gasteiger partial charge in [0.25, 0.3) is 0 Å². The molecule has 520 valence electrons. The molecule has 0 aliphatic heterocycles. The van der Waals surface area contributed by atoms with Gasteiger partial charge in [-0.3, -0.25) is 4.57 Å². The molecule has 0 N–H and O–H groups in total. The third kappa shape index (κ3) is 12.7. The fourth-order valence-electron chi connectivity index (χ4n) is 14.8. The number of rotatable bonds is 13. The number of benzene rings is 14. The monoisotopic (exact) mass is 1460 g/mol. The van der Waals surface area contributed by atoms with Crippen LogP contribution in [-0.2, 0) is 0 Å². The van der Waals surface area contributed by atoms with Crippen molar-refractivity contribution in [3.05, 3.63) is 370 Å². The number of hydrogen-bond acceptors (Lipinski definition) is 12. The SMILES string of the molecule is c1ccc(-c2cc(-c3ccccc3)nc(-c3ccc(-c4cccc5sc6cc(-c7nc(-c8ccccc8)cc(-c8ccccc8)n7)ccc6c45)cc3)n2)cc1.c1ccc(-c2nc(-c3ccccc3)nc(-c3cccc4sc5c(-c6nc(-c7ccccc7)nc(-n7c8ccccc8c8ccccc87)n6)cccc5c34)n2)cc1. The predicted molar refractivity (Wildman–Crippen MR) is 456 cm³/mol. The average molecular weight is 1460 g/mol. The van der Waals surface area contributed by atoms with Crippen LogP contribution in [0.4, 0.5) is 0 Å². The van der Waals surface area contributed by atoms with Gasteiger partial charge < -0.3 is 0 Å². The van der Waals surface area contributed by atoms with E-state index in [2.05, 4.69) is 211 Å². The van der Waals surface area contributed by atoms with Gasteiger partial charge in [-0.1, -0.05) is 322 Å². The van der Waals surface area contributed by atoms with E-state index in [1.54, 1.807) is 22.7 Å². The van der Waals surface area contributed by atoms with Gasteiger partial charge in [-0.15, -0.1) is 22.7 Å². The third-order valence-corrected chi connectivity index (χ3v) is 22.4. The van der Waals surface area contributed by atoms with Crippen molar-refractivity contribution < 1.29 is 0 Å². The van der Waals surface area contributed by atoms with Crippen LogP contribution < -0.4 is 0 Å². The Labute approximate surface area is 646 Å². The summed E-state index contributed by atoms with van der Waals surface area (Å²) in [4.78, 5) is 51.0. The molecule has 0 aliphatic carbocycles. The molecule has 0 saturated heterocycles. The summed E-state index contributed by atoms with van der Waals surface area (Å²) in [5.74, 6) is 5.07. The first-order chi connectivity index (χ1) is 55.0. The summed E-state index contributed by atoms with van der Waals surface area (Å²) in [5.41, 5.74) is 18.9. The molecule has 7 aromatic heterocycles. The lowest BCUT2D eigenvalue weighted by Gasteiger charge is -2.11. The Hall–Kier alpha value is -14.5. The van der Waals surface area contributed by atoms with Crippen LogP contribution in [0.1, 0.15) is 0 Å². The molecule has 0 atom stereocenters. The van der Waals surface area contributed by atoms with E-state index in [0.717, 1.165) is 132 Å². The van der Waals surface area contributed by atoms with Crippen molar-refractivity contribution in [2.45, 2.75) is 0 Å². The Balaban J connectivity index is 0.000000145. The summed E-state index contributed by atoms with van der Waals surface area (Å²) in [6, 6.07) is 127. The Morgan fingerprint density at radius 1 is 0.189 bits per heavy atom. The van der Waals surface area contributed by atoms with Gasteiger partial charge in [-0.05, 0) is 59.7 Å². The number of hydrogen-bond donors (Lipinski definition) is 0. The lowest BCUT2D eigenvalue weighted by molar-refractivity contribution is 0.954. The predicted octanol–water partition coefficient (Wildman–Crippen LogP) is 25.2. The van der Waals surface area contributed by atoms with Gasteiger partial charge in [-0.25, -0.2) is 39.9 Å². The van der Waals surface area contributed by atoms with Crippen molar-refractivity contribution in [2.75, 3.05) is 0 Å². The van der Waals surface area contributed by atoms with E-state index in [-0.39, 0.29) is 0 Å². The van der Waals surface area contributed by atoms with Crippen LogP contribution >= 0.6 is 22.7 Å². The molecule has 21 aromatic rings. The molecule has 0 aliphatic rings. The van der Waals surface area contributed by atoms with Crippen LogP contribution in [0.2, 0.25) is 0 Å². The summed E-state index contributed by atoms with van der Waals surface area (Å²) >= 11 is 3.53. The van der Waals surface area contributed by atoms with E-state index >= 15 is 0 Å². The first-order valence-electron chi connectivity index (χ1n) is 36.7. The van der Waals surface area contributed by atoms with Crippen molar-refractivity contribution in [3.8, 4) is 142 Å². The standard InChI is InChI=1S/C50H32N4S.C48H29N7S/c1-5-14-34(15-6-1)42-31-43(35-16-7-2-8-17-35)52-49(51-42)38-26-24-33(25-27-38)40-22-13-23-46-48(40)41-29-28-39(30-47(41)55-46)50-53-44(36-18-9-3-10-19-36)32-45(54-50)37-20-11-4-12-21-37;1-4-16-30(17-5-1)43-49-44(31-18-6-2-7-19-31)51-46(50-43)36-25-15-29-40-41(36)35-24-14-26-37(42(35)56-40)47-52-45(32-20-8-3-9-21-32)53-48(54-47)55-38-27-12-10-22-33(38)34-23-11-13-28-39(34)55/h1-32H;1-29H. The summed E-state index contributed by atoms with van der Waals surface area (Å²) < 4.78 is 6.79. The topological polar surface area (TPSA) is 134 Å². The van der Waals surface area contributed by atoms with Crippen molar-refractivity contribution in [1.82, 2.24) is 54.4 Å². The van der Waals surface area contributed by atoms with Crippen LogP contribution in [0.15, 0.2) is 370 Å². The van der Waals surface area contributed by atoms with Gasteiger partial charge >= 0.3 is 0 Å². The minimum atomic E-state index is 0.567. The lowest BCUT2D eigenvalue weighted by Crippen LogP contribution is -2.06. The molecule has 0 radical (unpaired) electrons. The van der Waals surface area contributed by atoms with Gasteiger partial charge in [0, 0.05) is 112 Å². The van der Waals surface area contributed by atoms with Gasteiger partial charge in [0.2, 0.25) is 5.95 Å². The highest BCUT2D eigenvalue weighted by atomic mass is 32.1. The second kappa shape index (κ2) is 28.7. The second-order valence-electron chi connectivity index (χ2n) is 27.0. The van der Waals surface area contributed by atoms with E-state index in [4.69, 9.17) is 49.8 Å². The van der Waals surface area contributed by atoms with Crippen molar-refractivity contribution in [2.24, 2.45) is 0 Å². The summed E-state index contributed by atoms with van der Waals surface area (Å²) in [6.07, 6.45) is 0. The highest BCUT2D eigenvalue weighted by Gasteiger charge is 2.24. The van der Waals surface area contributed by atoms with Crippen LogP contribution in [-0.4, -0.2) is 54.4 Å². The highest BCUT2D eigenvalue weighted by molar-refractivity contribution is 7.26. The molecule has 0 saturated carbocycles. The first-order valence-corrected chi connectivity index (χ1v) is 38.3. The number of thiophene rings is 2. The minimum Gasteiger partial charge on any atom is -0.278 e. The highest BCUT2D eigenvalue weighted by Crippen LogP contribution is 2.46. The van der Waals surface area contributed by atoms with Crippen molar-refractivity contribution in [3.63, 3.8) is 0 Å². The number of fused-ring (bicyclic) bond motifs is 9. The van der Waals surface area contributed by atoms with E-state index in [9.17, 15) is 0 Å². The number of nitrogens with zero attached hydrogens (tertiary/aromatic N) is 11. The molecule has 0 unspecified atom stereocenters. The molecule has 0 amide bonds. The zero-order chi connectivity index (χ0) is 73.6. The number of aromatic nitrogens is 11. The Kier molecular flexibility index (Phi) is 17.0. The summed E-state index contributed by atoms with van der Waals surface area (Å²) in [6.45, 7) is 0. The van der Waals surface area contributed by atoms with Crippen molar-refractivity contribution in [1.29, 1.82) is 0 Å². The molecular weight excluding hydrogens is 1400 g/mol. The molecule has 13 heteroatoms. The van der Waals surface area contributed by atoms with Crippen LogP contribution in [0.5, 0.6) is 0 Å². The molecule has 0 fully saturated rings. The smallest absolute Gasteiger partial charge is 0.238 e. The average Bonchev–Trinajstić information content (AvgIpc) is 1.60. The van der Waals surface area contributed by atoms with Crippen LogP contribution in [0.3, 0.4) is 0 Å². The largest absolute Gasteiger partial charge is 0.278 e. The Morgan fingerprint density at radius 2 is 0.523 bits per heavy atom. The van der Waals surface area contributed by atoms with Gasteiger partial charge in [0.05, 0.1) is 33.8 Å². The van der Waals surface area contributed by atoms with Crippen LogP contribution in [0, 0.1) is 0 Å². The molecular formula is C98H61N11S2. The number of para-hydroxylation sites is 2. The summed E-state index contributed by atoms with van der Waals surface area (Å²) in [5, 5.41) is 6.93. The second-order valence-corrected chi connectivity index (χ2v) is 29.1. The van der Waals surface area contributed by atoms with E-state index in [0.29, 0.717) is 46.7 Å². The van der Waals surface area contributed by atoms with E-state index < -0.39 is 0 Å². The maximum Gasteiger partial charge on any atom is 0.238 e. The zero-order valence-electron chi connectivity index (χ0n) is 59.5. The maximum absolute atomic E-state index is 5.28. The van der Waals surface area contributed by atoms with E-state index in [1.165, 1.54) is 25.7 Å². The fourth-order valence-corrected chi connectivity index (χ4v) is 17.2. The Morgan fingerprint density at radius 3 is 1.02 bits per heavy atom. The molecule has 21 rings (SSSR count).